The molecule has 0 aliphatic carbocycles. The Morgan fingerprint density at radius 2 is 1.93 bits per heavy atom. The van der Waals surface area contributed by atoms with E-state index in [0.29, 0.717) is 0 Å². The van der Waals surface area contributed by atoms with Gasteiger partial charge in [0, 0.05) is 6.04 Å². The Hall–Kier alpha value is -1.57. The Morgan fingerprint density at radius 3 is 2.27 bits per heavy atom. The van der Waals surface area contributed by atoms with Crippen LogP contribution in [-0.4, -0.2) is 36.5 Å². The van der Waals surface area contributed by atoms with Gasteiger partial charge >= 0.3 is 5.97 Å². The lowest BCUT2D eigenvalue weighted by Gasteiger charge is -2.26. The van der Waals surface area contributed by atoms with Crippen molar-refractivity contribution in [3.63, 3.8) is 0 Å². The minimum Gasteiger partial charge on any atom is -0.468 e. The molecule has 0 N–H and O–H groups in total. The monoisotopic (exact) mass is 212 g/mol. The first-order valence-electron chi connectivity index (χ1n) is 4.71. The minimum absolute atomic E-state index is 0.112. The smallest absolute Gasteiger partial charge is 0.325 e. The third-order valence-electron chi connectivity index (χ3n) is 2.00. The van der Waals surface area contributed by atoms with E-state index in [-0.39, 0.29) is 18.5 Å². The van der Waals surface area contributed by atoms with Gasteiger partial charge in [-0.25, -0.2) is 0 Å². The van der Waals surface area contributed by atoms with E-state index in [9.17, 15) is 9.59 Å². The van der Waals surface area contributed by atoms with Crippen LogP contribution >= 0.6 is 0 Å². The number of methoxy groups -OCH3 is 1. The summed E-state index contributed by atoms with van der Waals surface area (Å²) in [5.41, 5.74) is 0. The molecule has 0 bridgehead atoms. The van der Waals surface area contributed by atoms with Gasteiger partial charge < -0.3 is 9.64 Å². The van der Waals surface area contributed by atoms with Crippen molar-refractivity contribution < 1.29 is 14.3 Å². The van der Waals surface area contributed by atoms with Gasteiger partial charge in [0.25, 0.3) is 0 Å². The predicted octanol–water partition coefficient (Wildman–Crippen LogP) is 0.556. The topological polar surface area (TPSA) is 70.4 Å². The van der Waals surface area contributed by atoms with Crippen molar-refractivity contribution in [2.45, 2.75) is 26.8 Å². The van der Waals surface area contributed by atoms with Gasteiger partial charge in [-0.05, 0) is 20.8 Å². The van der Waals surface area contributed by atoms with Gasteiger partial charge in [-0.15, -0.1) is 0 Å². The molecular weight excluding hydrogens is 196 g/mol. The highest BCUT2D eigenvalue weighted by atomic mass is 16.5. The fraction of sp³-hybridized carbons (Fsp3) is 0.700. The van der Waals surface area contributed by atoms with Crippen molar-refractivity contribution in [2.24, 2.45) is 5.92 Å². The van der Waals surface area contributed by atoms with Crippen LogP contribution in [-0.2, 0) is 14.3 Å². The third-order valence-corrected chi connectivity index (χ3v) is 2.00. The van der Waals surface area contributed by atoms with Crippen LogP contribution in [0.2, 0.25) is 0 Å². The predicted molar refractivity (Wildman–Crippen MR) is 53.6 cm³/mol. The molecule has 0 heterocycles. The van der Waals surface area contributed by atoms with Gasteiger partial charge in [-0.2, -0.15) is 5.26 Å². The van der Waals surface area contributed by atoms with Gasteiger partial charge in [0.2, 0.25) is 5.91 Å². The summed E-state index contributed by atoms with van der Waals surface area (Å²) in [6.07, 6.45) is 0. The number of ether oxygens (including phenoxy) is 1. The van der Waals surface area contributed by atoms with Crippen LogP contribution < -0.4 is 0 Å². The Labute approximate surface area is 89.6 Å². The zero-order chi connectivity index (χ0) is 12.0. The number of nitrogens with zero attached hydrogens (tertiary/aromatic N) is 2. The second-order valence-electron chi connectivity index (χ2n) is 3.49. The third kappa shape index (κ3) is 3.98. The molecule has 0 saturated heterocycles. The summed E-state index contributed by atoms with van der Waals surface area (Å²) in [6, 6.07) is 1.72. The number of amides is 1. The number of hydrogen-bond donors (Lipinski definition) is 0. The van der Waals surface area contributed by atoms with E-state index in [4.69, 9.17) is 5.26 Å². The van der Waals surface area contributed by atoms with Crippen molar-refractivity contribution in [1.29, 1.82) is 5.26 Å². The second kappa shape index (κ2) is 6.02. The second-order valence-corrected chi connectivity index (χ2v) is 3.49. The SMILES string of the molecule is COC(=O)CN(C(=O)C(C)C#N)C(C)C. The molecule has 84 valence electrons. The van der Waals surface area contributed by atoms with Gasteiger partial charge in [0.1, 0.15) is 12.5 Å². The number of nitriles is 1. The zero-order valence-corrected chi connectivity index (χ0v) is 9.48. The molecule has 0 aliphatic rings. The summed E-state index contributed by atoms with van der Waals surface area (Å²) >= 11 is 0. The summed E-state index contributed by atoms with van der Waals surface area (Å²) in [6.45, 7) is 4.96. The van der Waals surface area contributed by atoms with Gasteiger partial charge in [0.15, 0.2) is 0 Å². The van der Waals surface area contributed by atoms with Crippen molar-refractivity contribution in [2.75, 3.05) is 13.7 Å². The Kier molecular flexibility index (Phi) is 5.39. The molecule has 0 aromatic heterocycles. The van der Waals surface area contributed by atoms with Crippen LogP contribution in [0.15, 0.2) is 0 Å². The maximum atomic E-state index is 11.7. The van der Waals surface area contributed by atoms with Crippen molar-refractivity contribution in [3.8, 4) is 6.07 Å². The first-order valence-corrected chi connectivity index (χ1v) is 4.71. The van der Waals surface area contributed by atoms with Gasteiger partial charge in [0.05, 0.1) is 13.2 Å². The molecule has 0 fully saturated rings. The molecule has 0 radical (unpaired) electrons. The quantitative estimate of drug-likeness (QED) is 0.638. The molecule has 5 nitrogen and oxygen atoms in total. The average molecular weight is 212 g/mol. The van der Waals surface area contributed by atoms with Crippen LogP contribution in [0, 0.1) is 17.2 Å². The highest BCUT2D eigenvalue weighted by Crippen LogP contribution is 2.06. The standard InChI is InChI=1S/C10H16N2O3/c1-7(2)12(6-9(13)15-4)10(14)8(3)5-11/h7-8H,6H2,1-4H3. The number of hydrogen-bond acceptors (Lipinski definition) is 4. The van der Waals surface area contributed by atoms with E-state index in [0.717, 1.165) is 0 Å². The molecule has 0 rings (SSSR count). The summed E-state index contributed by atoms with van der Waals surface area (Å²) in [4.78, 5) is 24.0. The van der Waals surface area contributed by atoms with Crippen molar-refractivity contribution >= 4 is 11.9 Å². The lowest BCUT2D eigenvalue weighted by molar-refractivity contribution is -0.149. The van der Waals surface area contributed by atoms with E-state index < -0.39 is 11.9 Å². The van der Waals surface area contributed by atoms with Crippen LogP contribution in [0.1, 0.15) is 20.8 Å². The Bertz CT molecular complexity index is 281. The molecule has 0 aliphatic heterocycles. The maximum absolute atomic E-state index is 11.7. The highest BCUT2D eigenvalue weighted by Gasteiger charge is 2.24. The van der Waals surface area contributed by atoms with E-state index in [1.165, 1.54) is 18.9 Å². The number of esters is 1. The lowest BCUT2D eigenvalue weighted by Crippen LogP contribution is -2.43. The largest absolute Gasteiger partial charge is 0.468 e. The molecular formula is C10H16N2O3. The normalized spacial score (nSPS) is 11.7. The maximum Gasteiger partial charge on any atom is 0.325 e. The number of carbonyl (C=O) groups excluding carboxylic acids is 2. The van der Waals surface area contributed by atoms with Crippen molar-refractivity contribution in [3.05, 3.63) is 0 Å². The van der Waals surface area contributed by atoms with E-state index in [2.05, 4.69) is 4.74 Å². The Morgan fingerprint density at radius 1 is 1.40 bits per heavy atom. The van der Waals surface area contributed by atoms with Crippen molar-refractivity contribution in [1.82, 2.24) is 4.90 Å². The van der Waals surface area contributed by atoms with E-state index in [1.807, 2.05) is 6.07 Å². The molecule has 0 saturated carbocycles. The molecule has 1 amide bonds. The number of carbonyl (C=O) groups is 2. The van der Waals surface area contributed by atoms with E-state index >= 15 is 0 Å². The fourth-order valence-electron chi connectivity index (χ4n) is 1.02. The summed E-state index contributed by atoms with van der Waals surface area (Å²) in [7, 11) is 1.26. The molecule has 1 atom stereocenters. The van der Waals surface area contributed by atoms with Gasteiger partial charge in [-0.3, -0.25) is 9.59 Å². The van der Waals surface area contributed by atoms with Crippen LogP contribution in [0.5, 0.6) is 0 Å². The highest BCUT2D eigenvalue weighted by molar-refractivity contribution is 5.85. The minimum atomic E-state index is -0.739. The molecule has 0 spiro atoms. The van der Waals surface area contributed by atoms with E-state index in [1.54, 1.807) is 13.8 Å². The summed E-state index contributed by atoms with van der Waals surface area (Å²) in [5, 5.41) is 8.61. The summed E-state index contributed by atoms with van der Waals surface area (Å²) in [5.74, 6) is -1.57. The first-order chi connectivity index (χ1) is 6.93. The van der Waals surface area contributed by atoms with Crippen LogP contribution in [0.4, 0.5) is 0 Å². The fourth-order valence-corrected chi connectivity index (χ4v) is 1.02. The molecule has 5 heteroatoms. The molecule has 0 aromatic carbocycles. The molecule has 1 unspecified atom stereocenters. The lowest BCUT2D eigenvalue weighted by atomic mass is 10.1. The molecule has 15 heavy (non-hydrogen) atoms. The molecule has 0 aromatic rings. The van der Waals surface area contributed by atoms with Gasteiger partial charge in [-0.1, -0.05) is 0 Å². The first kappa shape index (κ1) is 13.4. The number of rotatable bonds is 4. The summed E-state index contributed by atoms with van der Waals surface area (Å²) < 4.78 is 4.48. The zero-order valence-electron chi connectivity index (χ0n) is 9.48. The van der Waals surface area contributed by atoms with Crippen LogP contribution in [0.3, 0.4) is 0 Å². The average Bonchev–Trinajstić information content (AvgIpc) is 2.22. The Balaban J connectivity index is 4.61. The van der Waals surface area contributed by atoms with Crippen LogP contribution in [0.25, 0.3) is 0 Å².